The van der Waals surface area contributed by atoms with E-state index in [1.165, 1.54) is 19.1 Å². The van der Waals surface area contributed by atoms with Crippen molar-refractivity contribution < 1.29 is 26.7 Å². The summed E-state index contributed by atoms with van der Waals surface area (Å²) >= 11 is 0. The van der Waals surface area contributed by atoms with Crippen molar-refractivity contribution in [2.24, 2.45) is 5.73 Å². The van der Waals surface area contributed by atoms with Gasteiger partial charge in [-0.05, 0) is 18.1 Å². The first kappa shape index (κ1) is 16.4. The molecule has 0 heterocycles. The fourth-order valence-electron chi connectivity index (χ4n) is 1.44. The molecule has 1 aromatic rings. The molecule has 1 rings (SSSR count). The first-order chi connectivity index (χ1) is 9.09. The predicted molar refractivity (Wildman–Crippen MR) is 61.9 cm³/mol. The van der Waals surface area contributed by atoms with Crippen molar-refractivity contribution in [2.45, 2.75) is 31.6 Å². The molecular weight excluding hydrogens is 283 g/mol. The van der Waals surface area contributed by atoms with Crippen molar-refractivity contribution in [1.82, 2.24) is 5.32 Å². The summed E-state index contributed by atoms with van der Waals surface area (Å²) in [4.78, 5) is 11.0. The lowest BCUT2D eigenvalue weighted by Crippen LogP contribution is -2.50. The Kier molecular flexibility index (Phi) is 4.69. The van der Waals surface area contributed by atoms with Gasteiger partial charge in [0.15, 0.2) is 0 Å². The number of rotatable bonds is 4. The molecule has 1 atom stereocenters. The van der Waals surface area contributed by atoms with Crippen LogP contribution in [0.2, 0.25) is 0 Å². The smallest absolute Gasteiger partial charge is 0.344 e. The van der Waals surface area contributed by atoms with Gasteiger partial charge in [-0.2, -0.15) is 22.0 Å². The molecule has 1 aromatic carbocycles. The van der Waals surface area contributed by atoms with Crippen LogP contribution in [-0.4, -0.2) is 18.0 Å². The summed E-state index contributed by atoms with van der Waals surface area (Å²) < 4.78 is 61.6. The molecule has 0 aliphatic carbocycles. The number of carbonyl (C=O) groups excluding carboxylic acids is 1. The van der Waals surface area contributed by atoms with Gasteiger partial charge in [0.2, 0.25) is 0 Å². The van der Waals surface area contributed by atoms with Crippen LogP contribution in [-0.2, 0) is 11.3 Å². The van der Waals surface area contributed by atoms with Crippen LogP contribution in [0.1, 0.15) is 24.1 Å². The number of halogens is 5. The molecule has 8 heteroatoms. The Labute approximate surface area is 112 Å². The number of benzene rings is 1. The van der Waals surface area contributed by atoms with Gasteiger partial charge in [0.25, 0.3) is 0 Å². The van der Waals surface area contributed by atoms with Gasteiger partial charge in [-0.3, -0.25) is 4.79 Å². The van der Waals surface area contributed by atoms with Gasteiger partial charge in [-0.25, -0.2) is 0 Å². The number of nitrogens with two attached hydrogens (primary N) is 1. The van der Waals surface area contributed by atoms with Crippen molar-refractivity contribution in [3.8, 4) is 0 Å². The zero-order chi connectivity index (χ0) is 15.6. The van der Waals surface area contributed by atoms with Crippen LogP contribution in [0.3, 0.4) is 0 Å². The maximum atomic E-state index is 12.8. The molecule has 3 nitrogen and oxygen atoms in total. The summed E-state index contributed by atoms with van der Waals surface area (Å²) in [5, 5.41) is 1.64. The Bertz CT molecular complexity index is 470. The highest BCUT2D eigenvalue weighted by atomic mass is 19.4. The molecule has 0 aromatic heterocycles. The number of hydrogen-bond donors (Lipinski definition) is 2. The molecule has 0 bridgehead atoms. The first-order valence-corrected chi connectivity index (χ1v) is 5.64. The summed E-state index contributed by atoms with van der Waals surface area (Å²) in [6.07, 6.45) is -5.92. The van der Waals surface area contributed by atoms with Crippen molar-refractivity contribution >= 4 is 5.91 Å². The molecule has 0 saturated carbocycles. The van der Waals surface area contributed by atoms with Gasteiger partial charge in [0.05, 0.1) is 6.04 Å². The van der Waals surface area contributed by atoms with Crippen LogP contribution in [0.5, 0.6) is 0 Å². The molecule has 0 spiro atoms. The van der Waals surface area contributed by atoms with Gasteiger partial charge in [-0.15, -0.1) is 0 Å². The van der Waals surface area contributed by atoms with Crippen molar-refractivity contribution in [3.63, 3.8) is 0 Å². The number of alkyl halides is 5. The first-order valence-electron chi connectivity index (χ1n) is 5.64. The minimum atomic E-state index is -5.92. The van der Waals surface area contributed by atoms with E-state index in [-0.39, 0.29) is 6.54 Å². The monoisotopic (exact) mass is 296 g/mol. The van der Waals surface area contributed by atoms with Crippen LogP contribution in [0.25, 0.3) is 0 Å². The Morgan fingerprint density at radius 3 is 2.10 bits per heavy atom. The molecule has 0 fully saturated rings. The Morgan fingerprint density at radius 1 is 1.20 bits per heavy atom. The van der Waals surface area contributed by atoms with Crippen molar-refractivity contribution in [1.29, 1.82) is 0 Å². The number of hydrogen-bond acceptors (Lipinski definition) is 2. The summed E-state index contributed by atoms with van der Waals surface area (Å²) in [7, 11) is 0. The van der Waals surface area contributed by atoms with Gasteiger partial charge in [0.1, 0.15) is 0 Å². The normalized spacial score (nSPS) is 13.9. The van der Waals surface area contributed by atoms with Gasteiger partial charge < -0.3 is 11.1 Å². The topological polar surface area (TPSA) is 55.1 Å². The van der Waals surface area contributed by atoms with E-state index in [2.05, 4.69) is 0 Å². The zero-order valence-corrected chi connectivity index (χ0v) is 10.5. The van der Waals surface area contributed by atoms with E-state index in [0.29, 0.717) is 5.56 Å². The summed E-state index contributed by atoms with van der Waals surface area (Å²) in [5.74, 6) is -7.79. The van der Waals surface area contributed by atoms with E-state index >= 15 is 0 Å². The molecule has 0 radical (unpaired) electrons. The van der Waals surface area contributed by atoms with E-state index in [1.54, 1.807) is 17.4 Å². The third-order valence-electron chi connectivity index (χ3n) is 2.70. The third kappa shape index (κ3) is 3.44. The second-order valence-corrected chi connectivity index (χ2v) is 4.21. The highest BCUT2D eigenvalue weighted by Crippen LogP contribution is 2.35. The molecule has 0 saturated heterocycles. The minimum Gasteiger partial charge on any atom is -0.344 e. The third-order valence-corrected chi connectivity index (χ3v) is 2.70. The van der Waals surface area contributed by atoms with E-state index in [9.17, 15) is 26.7 Å². The van der Waals surface area contributed by atoms with Crippen LogP contribution in [0.4, 0.5) is 22.0 Å². The van der Waals surface area contributed by atoms with Gasteiger partial charge in [0, 0.05) is 6.54 Å². The molecule has 1 unspecified atom stereocenters. The molecule has 0 aliphatic heterocycles. The van der Waals surface area contributed by atoms with Crippen molar-refractivity contribution in [3.05, 3.63) is 35.4 Å². The average molecular weight is 296 g/mol. The molecule has 1 amide bonds. The standard InChI is InChI=1S/C12H13F5N2O/c1-7(9-4-2-8(6-18)3-5-9)19-10(20)11(13,14)12(15,16)17/h2-5,7H,6,18H2,1H3,(H,19,20). The second-order valence-electron chi connectivity index (χ2n) is 4.21. The minimum absolute atomic E-state index is 0.271. The molecular formula is C12H13F5N2O. The maximum absolute atomic E-state index is 12.8. The largest absolute Gasteiger partial charge is 0.463 e. The molecule has 3 N–H and O–H groups in total. The zero-order valence-electron chi connectivity index (χ0n) is 10.5. The van der Waals surface area contributed by atoms with E-state index in [1.807, 2.05) is 0 Å². The summed E-state index contributed by atoms with van der Waals surface area (Å²) in [6.45, 7) is 1.58. The lowest BCUT2D eigenvalue weighted by atomic mass is 10.1. The summed E-state index contributed by atoms with van der Waals surface area (Å²) in [5.41, 5.74) is 6.54. The van der Waals surface area contributed by atoms with E-state index in [4.69, 9.17) is 5.73 Å². The highest BCUT2D eigenvalue weighted by Gasteiger charge is 2.63. The Hall–Kier alpha value is -1.70. The van der Waals surface area contributed by atoms with Crippen LogP contribution in [0.15, 0.2) is 24.3 Å². The maximum Gasteiger partial charge on any atom is 0.463 e. The molecule has 112 valence electrons. The summed E-state index contributed by atoms with van der Waals surface area (Å²) in [6, 6.07) is 5.21. The van der Waals surface area contributed by atoms with Crippen LogP contribution < -0.4 is 11.1 Å². The Morgan fingerprint density at radius 2 is 1.70 bits per heavy atom. The molecule has 0 aliphatic rings. The van der Waals surface area contributed by atoms with E-state index in [0.717, 1.165) is 5.56 Å². The molecule has 20 heavy (non-hydrogen) atoms. The fourth-order valence-corrected chi connectivity index (χ4v) is 1.44. The number of nitrogens with one attached hydrogen (secondary N) is 1. The lowest BCUT2D eigenvalue weighted by Gasteiger charge is -2.21. The van der Waals surface area contributed by atoms with E-state index < -0.39 is 24.0 Å². The lowest BCUT2D eigenvalue weighted by molar-refractivity contribution is -0.270. The van der Waals surface area contributed by atoms with Crippen LogP contribution >= 0.6 is 0 Å². The van der Waals surface area contributed by atoms with Gasteiger partial charge in [-0.1, -0.05) is 24.3 Å². The predicted octanol–water partition coefficient (Wildman–Crippen LogP) is 2.52. The second kappa shape index (κ2) is 5.74. The Balaban J connectivity index is 2.79. The van der Waals surface area contributed by atoms with Gasteiger partial charge >= 0.3 is 18.0 Å². The highest BCUT2D eigenvalue weighted by molar-refractivity contribution is 5.84. The average Bonchev–Trinajstić information content (AvgIpc) is 2.37. The number of carbonyl (C=O) groups is 1. The van der Waals surface area contributed by atoms with Crippen molar-refractivity contribution in [2.75, 3.05) is 0 Å². The quantitative estimate of drug-likeness (QED) is 0.839. The SMILES string of the molecule is CC(NC(=O)C(F)(F)C(F)(F)F)c1ccc(CN)cc1. The number of amides is 1. The van der Waals surface area contributed by atoms with Crippen LogP contribution in [0, 0.1) is 0 Å². The fraction of sp³-hybridized carbons (Fsp3) is 0.417.